The minimum Gasteiger partial charge on any atom is -0.483 e. The van der Waals surface area contributed by atoms with E-state index in [0.717, 1.165) is 12.8 Å². The van der Waals surface area contributed by atoms with Gasteiger partial charge in [-0.2, -0.15) is 0 Å². The van der Waals surface area contributed by atoms with Gasteiger partial charge in [0.1, 0.15) is 5.75 Å². The number of aliphatic hydroxyl groups is 1. The van der Waals surface area contributed by atoms with Crippen LogP contribution in [0.15, 0.2) is 24.3 Å². The first-order valence-corrected chi connectivity index (χ1v) is 5.86. The van der Waals surface area contributed by atoms with Crippen molar-refractivity contribution in [3.8, 4) is 5.75 Å². The normalized spacial score (nSPS) is 16.4. The molecule has 0 radical (unpaired) electrons. The average molecular weight is 235 g/mol. The van der Waals surface area contributed by atoms with Crippen molar-refractivity contribution >= 4 is 5.91 Å². The van der Waals surface area contributed by atoms with Crippen LogP contribution in [0.25, 0.3) is 0 Å². The number of para-hydroxylation sites is 1. The molecule has 0 aromatic heterocycles. The summed E-state index contributed by atoms with van der Waals surface area (Å²) in [6.07, 6.45) is 1.53. The fourth-order valence-corrected chi connectivity index (χ4v) is 1.60. The van der Waals surface area contributed by atoms with Crippen molar-refractivity contribution in [2.45, 2.75) is 31.9 Å². The number of rotatable bonds is 5. The van der Waals surface area contributed by atoms with Gasteiger partial charge in [0.25, 0.3) is 5.91 Å². The highest BCUT2D eigenvalue weighted by molar-refractivity contribution is 5.78. The molecular weight excluding hydrogens is 218 g/mol. The number of ether oxygens (including phenoxy) is 1. The SMILES string of the molecule is C[C@@H](O)c1ccccc1OCC(=O)NC1CC1. The van der Waals surface area contributed by atoms with Crippen LogP contribution < -0.4 is 10.1 Å². The summed E-state index contributed by atoms with van der Waals surface area (Å²) in [7, 11) is 0. The lowest BCUT2D eigenvalue weighted by molar-refractivity contribution is -0.123. The van der Waals surface area contributed by atoms with Gasteiger partial charge in [-0.3, -0.25) is 4.79 Å². The summed E-state index contributed by atoms with van der Waals surface area (Å²) in [6, 6.07) is 7.54. The molecule has 4 nitrogen and oxygen atoms in total. The number of carbonyl (C=O) groups is 1. The molecule has 0 aliphatic heterocycles. The first-order valence-electron chi connectivity index (χ1n) is 5.86. The highest BCUT2D eigenvalue weighted by Gasteiger charge is 2.23. The quantitative estimate of drug-likeness (QED) is 0.811. The molecule has 1 atom stereocenters. The van der Waals surface area contributed by atoms with Gasteiger partial charge in [0, 0.05) is 11.6 Å². The molecule has 0 bridgehead atoms. The molecular formula is C13H17NO3. The van der Waals surface area contributed by atoms with Crippen LogP contribution in [0, 0.1) is 0 Å². The van der Waals surface area contributed by atoms with Gasteiger partial charge in [-0.15, -0.1) is 0 Å². The molecule has 1 saturated carbocycles. The van der Waals surface area contributed by atoms with E-state index in [4.69, 9.17) is 4.74 Å². The molecule has 1 amide bonds. The molecule has 0 spiro atoms. The maximum absolute atomic E-state index is 11.4. The zero-order chi connectivity index (χ0) is 12.3. The predicted octanol–water partition coefficient (Wildman–Crippen LogP) is 1.40. The van der Waals surface area contributed by atoms with Crippen molar-refractivity contribution in [1.82, 2.24) is 5.32 Å². The third-order valence-electron chi connectivity index (χ3n) is 2.67. The number of amides is 1. The van der Waals surface area contributed by atoms with Gasteiger partial charge in [0.15, 0.2) is 6.61 Å². The van der Waals surface area contributed by atoms with Crippen LogP contribution >= 0.6 is 0 Å². The van der Waals surface area contributed by atoms with Crippen molar-refractivity contribution < 1.29 is 14.6 Å². The maximum Gasteiger partial charge on any atom is 0.258 e. The summed E-state index contributed by atoms with van der Waals surface area (Å²) < 4.78 is 5.42. The first kappa shape index (κ1) is 11.9. The van der Waals surface area contributed by atoms with E-state index in [1.54, 1.807) is 19.1 Å². The lowest BCUT2D eigenvalue weighted by Gasteiger charge is -2.12. The molecule has 1 fully saturated rings. The van der Waals surface area contributed by atoms with Gasteiger partial charge in [-0.05, 0) is 25.8 Å². The van der Waals surface area contributed by atoms with E-state index in [1.165, 1.54) is 0 Å². The highest BCUT2D eigenvalue weighted by atomic mass is 16.5. The molecule has 92 valence electrons. The lowest BCUT2D eigenvalue weighted by Crippen LogP contribution is -2.30. The van der Waals surface area contributed by atoms with Gasteiger partial charge in [-0.25, -0.2) is 0 Å². The van der Waals surface area contributed by atoms with E-state index in [0.29, 0.717) is 17.4 Å². The van der Waals surface area contributed by atoms with Gasteiger partial charge < -0.3 is 15.2 Å². The maximum atomic E-state index is 11.4. The lowest BCUT2D eigenvalue weighted by atomic mass is 10.1. The number of hydrogen-bond acceptors (Lipinski definition) is 3. The van der Waals surface area contributed by atoms with E-state index in [1.807, 2.05) is 12.1 Å². The third kappa shape index (κ3) is 3.46. The van der Waals surface area contributed by atoms with E-state index in [2.05, 4.69) is 5.32 Å². The van der Waals surface area contributed by atoms with Crippen LogP contribution in [0.2, 0.25) is 0 Å². The third-order valence-corrected chi connectivity index (χ3v) is 2.67. The molecule has 4 heteroatoms. The Hall–Kier alpha value is -1.55. The van der Waals surface area contributed by atoms with Crippen molar-refractivity contribution in [3.63, 3.8) is 0 Å². The molecule has 1 aromatic carbocycles. The van der Waals surface area contributed by atoms with Gasteiger partial charge in [0.2, 0.25) is 0 Å². The molecule has 2 rings (SSSR count). The fraction of sp³-hybridized carbons (Fsp3) is 0.462. The number of nitrogens with one attached hydrogen (secondary N) is 1. The predicted molar refractivity (Wildman–Crippen MR) is 63.7 cm³/mol. The Morgan fingerprint density at radius 1 is 1.53 bits per heavy atom. The van der Waals surface area contributed by atoms with Crippen molar-refractivity contribution in [3.05, 3.63) is 29.8 Å². The van der Waals surface area contributed by atoms with Crippen LogP contribution in [0.5, 0.6) is 5.75 Å². The highest BCUT2D eigenvalue weighted by Crippen LogP contribution is 2.24. The Morgan fingerprint density at radius 2 is 2.24 bits per heavy atom. The standard InChI is InChI=1S/C13H17NO3/c1-9(15)11-4-2-3-5-12(11)17-8-13(16)14-10-6-7-10/h2-5,9-10,15H,6-8H2,1H3,(H,14,16)/t9-/m1/s1. The zero-order valence-electron chi connectivity index (χ0n) is 9.85. The Bertz CT molecular complexity index is 399. The second-order valence-corrected chi connectivity index (χ2v) is 4.34. The van der Waals surface area contributed by atoms with Gasteiger partial charge in [-0.1, -0.05) is 18.2 Å². The van der Waals surface area contributed by atoms with E-state index in [9.17, 15) is 9.90 Å². The summed E-state index contributed by atoms with van der Waals surface area (Å²) >= 11 is 0. The Morgan fingerprint density at radius 3 is 2.88 bits per heavy atom. The minimum absolute atomic E-state index is 0.000231. The molecule has 1 aromatic rings. The fourth-order valence-electron chi connectivity index (χ4n) is 1.60. The molecule has 1 aliphatic rings. The van der Waals surface area contributed by atoms with E-state index < -0.39 is 6.10 Å². The Kier molecular flexibility index (Phi) is 3.64. The average Bonchev–Trinajstić information content (AvgIpc) is 3.10. The second kappa shape index (κ2) is 5.19. The summed E-state index contributed by atoms with van der Waals surface area (Å²) in [6.45, 7) is 1.67. The number of aliphatic hydroxyl groups excluding tert-OH is 1. The number of hydrogen-bond donors (Lipinski definition) is 2. The minimum atomic E-state index is -0.599. The molecule has 17 heavy (non-hydrogen) atoms. The van der Waals surface area contributed by atoms with E-state index in [-0.39, 0.29) is 12.5 Å². The number of benzene rings is 1. The first-order chi connectivity index (χ1) is 8.16. The Labute approximate surface area is 101 Å². The monoisotopic (exact) mass is 235 g/mol. The summed E-state index contributed by atoms with van der Waals surface area (Å²) in [5.41, 5.74) is 0.701. The van der Waals surface area contributed by atoms with Crippen LogP contribution in [-0.4, -0.2) is 23.7 Å². The topological polar surface area (TPSA) is 58.6 Å². The van der Waals surface area contributed by atoms with Crippen LogP contribution in [0.3, 0.4) is 0 Å². The Balaban J connectivity index is 1.90. The molecule has 0 saturated heterocycles. The summed E-state index contributed by atoms with van der Waals surface area (Å²) in [5.74, 6) is 0.460. The van der Waals surface area contributed by atoms with Gasteiger partial charge in [0.05, 0.1) is 6.10 Å². The summed E-state index contributed by atoms with van der Waals surface area (Å²) in [4.78, 5) is 11.4. The molecule has 0 heterocycles. The van der Waals surface area contributed by atoms with Crippen LogP contribution in [-0.2, 0) is 4.79 Å². The molecule has 0 unspecified atom stereocenters. The molecule has 1 aliphatic carbocycles. The molecule has 2 N–H and O–H groups in total. The van der Waals surface area contributed by atoms with Crippen molar-refractivity contribution in [2.75, 3.05) is 6.61 Å². The van der Waals surface area contributed by atoms with Crippen LogP contribution in [0.1, 0.15) is 31.4 Å². The van der Waals surface area contributed by atoms with Gasteiger partial charge >= 0.3 is 0 Å². The summed E-state index contributed by atoms with van der Waals surface area (Å²) in [5, 5.41) is 12.4. The van der Waals surface area contributed by atoms with Crippen LogP contribution in [0.4, 0.5) is 0 Å². The smallest absolute Gasteiger partial charge is 0.258 e. The largest absolute Gasteiger partial charge is 0.483 e. The number of carbonyl (C=O) groups excluding carboxylic acids is 1. The van der Waals surface area contributed by atoms with Crippen molar-refractivity contribution in [1.29, 1.82) is 0 Å². The zero-order valence-corrected chi connectivity index (χ0v) is 9.85. The second-order valence-electron chi connectivity index (χ2n) is 4.34. The van der Waals surface area contributed by atoms with E-state index >= 15 is 0 Å². The van der Waals surface area contributed by atoms with Crippen molar-refractivity contribution in [2.24, 2.45) is 0 Å².